The second kappa shape index (κ2) is 5.92. The fourth-order valence-electron chi connectivity index (χ4n) is 1.77. The summed E-state index contributed by atoms with van der Waals surface area (Å²) in [6.07, 6.45) is 2.09. The van der Waals surface area contributed by atoms with Crippen LogP contribution in [0.1, 0.15) is 23.7 Å². The zero-order valence-corrected chi connectivity index (χ0v) is 11.9. The number of hydrogen-bond acceptors (Lipinski definition) is 4. The molecule has 1 atom stereocenters. The summed E-state index contributed by atoms with van der Waals surface area (Å²) in [4.78, 5) is 6.59. The molecule has 0 amide bonds. The van der Waals surface area contributed by atoms with Crippen molar-refractivity contribution >= 4 is 17.6 Å². The molecule has 1 aromatic heterocycles. The highest BCUT2D eigenvalue weighted by atomic mass is 32.2. The maximum atomic E-state index is 9.23. The van der Waals surface area contributed by atoms with Gasteiger partial charge in [-0.2, -0.15) is 17.0 Å². The molecule has 0 N–H and O–H groups in total. The summed E-state index contributed by atoms with van der Waals surface area (Å²) >= 11 is 1.80. The van der Waals surface area contributed by atoms with E-state index in [1.54, 1.807) is 11.8 Å². The summed E-state index contributed by atoms with van der Waals surface area (Å²) in [6.45, 7) is 6.07. The Hall–Kier alpha value is -1.21. The Morgan fingerprint density at radius 2 is 2.18 bits per heavy atom. The van der Waals surface area contributed by atoms with Crippen LogP contribution in [0.2, 0.25) is 0 Å². The molecule has 0 saturated heterocycles. The first-order valence-corrected chi connectivity index (χ1v) is 7.00. The van der Waals surface area contributed by atoms with Gasteiger partial charge in [-0.3, -0.25) is 0 Å². The molecule has 0 aliphatic heterocycles. The van der Waals surface area contributed by atoms with E-state index in [-0.39, 0.29) is 0 Å². The number of thioether (sulfide) groups is 1. The minimum Gasteiger partial charge on any atom is -0.355 e. The summed E-state index contributed by atoms with van der Waals surface area (Å²) in [6, 6.07) is 4.58. The summed E-state index contributed by atoms with van der Waals surface area (Å²) in [5, 5.41) is 9.23. The maximum Gasteiger partial charge on any atom is 0.147 e. The SMILES string of the molecule is CSCC(C)N(C)c1nc(C)cc(C)c1C#N. The molecule has 0 spiro atoms. The van der Waals surface area contributed by atoms with Crippen molar-refractivity contribution in [1.29, 1.82) is 5.26 Å². The highest BCUT2D eigenvalue weighted by molar-refractivity contribution is 7.98. The van der Waals surface area contributed by atoms with E-state index in [9.17, 15) is 5.26 Å². The fraction of sp³-hybridized carbons (Fsp3) is 0.538. The van der Waals surface area contributed by atoms with E-state index in [2.05, 4.69) is 29.1 Å². The Morgan fingerprint density at radius 1 is 1.53 bits per heavy atom. The zero-order chi connectivity index (χ0) is 13.0. The number of aromatic nitrogens is 1. The van der Waals surface area contributed by atoms with E-state index in [0.717, 1.165) is 22.8 Å². The third kappa shape index (κ3) is 3.13. The molecular weight excluding hydrogens is 230 g/mol. The molecule has 0 bridgehead atoms. The predicted molar refractivity (Wildman–Crippen MR) is 74.7 cm³/mol. The van der Waals surface area contributed by atoms with Crippen molar-refractivity contribution in [3.05, 3.63) is 22.9 Å². The minimum absolute atomic E-state index is 0.366. The Kier molecular flexibility index (Phi) is 4.83. The van der Waals surface area contributed by atoms with Crippen LogP contribution in [-0.4, -0.2) is 30.1 Å². The van der Waals surface area contributed by atoms with E-state index in [0.29, 0.717) is 11.6 Å². The summed E-state index contributed by atoms with van der Waals surface area (Å²) in [5.41, 5.74) is 2.64. The monoisotopic (exact) mass is 249 g/mol. The van der Waals surface area contributed by atoms with E-state index in [1.165, 1.54) is 0 Å². The summed E-state index contributed by atoms with van der Waals surface area (Å²) in [7, 11) is 2.00. The van der Waals surface area contributed by atoms with Crippen LogP contribution in [-0.2, 0) is 0 Å². The number of hydrogen-bond donors (Lipinski definition) is 0. The number of nitriles is 1. The van der Waals surface area contributed by atoms with Gasteiger partial charge in [0.2, 0.25) is 0 Å². The molecular formula is C13H19N3S. The minimum atomic E-state index is 0.366. The molecule has 0 aliphatic carbocycles. The molecule has 0 aromatic carbocycles. The topological polar surface area (TPSA) is 39.9 Å². The van der Waals surface area contributed by atoms with Crippen molar-refractivity contribution in [2.45, 2.75) is 26.8 Å². The van der Waals surface area contributed by atoms with Crippen LogP contribution in [0.4, 0.5) is 5.82 Å². The van der Waals surface area contributed by atoms with Crippen molar-refractivity contribution in [3.63, 3.8) is 0 Å². The average Bonchev–Trinajstić information content (AvgIpc) is 2.27. The first kappa shape index (κ1) is 13.9. The molecule has 1 heterocycles. The van der Waals surface area contributed by atoms with Gasteiger partial charge in [0, 0.05) is 24.5 Å². The lowest BCUT2D eigenvalue weighted by Crippen LogP contribution is -2.32. The van der Waals surface area contributed by atoms with Crippen molar-refractivity contribution in [2.24, 2.45) is 0 Å². The molecule has 3 nitrogen and oxygen atoms in total. The molecule has 0 fully saturated rings. The predicted octanol–water partition coefficient (Wildman–Crippen LogP) is 2.76. The summed E-state index contributed by atoms with van der Waals surface area (Å²) in [5.74, 6) is 1.82. The average molecular weight is 249 g/mol. The number of aryl methyl sites for hydroxylation is 2. The normalized spacial score (nSPS) is 12.0. The second-order valence-corrected chi connectivity index (χ2v) is 5.22. The number of nitrogens with zero attached hydrogens (tertiary/aromatic N) is 3. The van der Waals surface area contributed by atoms with Gasteiger partial charge in [0.1, 0.15) is 11.9 Å². The lowest BCUT2D eigenvalue weighted by molar-refractivity contribution is 0.750. The molecule has 1 aromatic rings. The van der Waals surface area contributed by atoms with Gasteiger partial charge in [-0.25, -0.2) is 4.98 Å². The molecule has 17 heavy (non-hydrogen) atoms. The van der Waals surface area contributed by atoms with Gasteiger partial charge >= 0.3 is 0 Å². The van der Waals surface area contributed by atoms with Crippen molar-refractivity contribution in [3.8, 4) is 6.07 Å². The third-order valence-corrected chi connectivity index (χ3v) is 3.66. The van der Waals surface area contributed by atoms with Crippen LogP contribution in [0, 0.1) is 25.2 Å². The maximum absolute atomic E-state index is 9.23. The Morgan fingerprint density at radius 3 is 2.71 bits per heavy atom. The van der Waals surface area contributed by atoms with Crippen molar-refractivity contribution < 1.29 is 0 Å². The zero-order valence-electron chi connectivity index (χ0n) is 11.1. The van der Waals surface area contributed by atoms with E-state index < -0.39 is 0 Å². The lowest BCUT2D eigenvalue weighted by atomic mass is 10.1. The molecule has 4 heteroatoms. The molecule has 92 valence electrons. The number of anilines is 1. The highest BCUT2D eigenvalue weighted by Gasteiger charge is 2.16. The first-order valence-electron chi connectivity index (χ1n) is 5.61. The molecule has 0 saturated carbocycles. The summed E-state index contributed by atoms with van der Waals surface area (Å²) < 4.78 is 0. The van der Waals surface area contributed by atoms with Gasteiger partial charge in [0.25, 0.3) is 0 Å². The van der Waals surface area contributed by atoms with Crippen LogP contribution >= 0.6 is 11.8 Å². The van der Waals surface area contributed by atoms with Crippen molar-refractivity contribution in [2.75, 3.05) is 24.0 Å². The molecule has 1 unspecified atom stereocenters. The van der Waals surface area contributed by atoms with Gasteiger partial charge < -0.3 is 4.90 Å². The Bertz CT molecular complexity index is 437. The smallest absolute Gasteiger partial charge is 0.147 e. The first-order chi connectivity index (χ1) is 8.01. The van der Waals surface area contributed by atoms with Crippen LogP contribution in [0.5, 0.6) is 0 Å². The van der Waals surface area contributed by atoms with Crippen LogP contribution in [0.3, 0.4) is 0 Å². The fourth-order valence-corrected chi connectivity index (χ4v) is 2.48. The van der Waals surface area contributed by atoms with Crippen molar-refractivity contribution in [1.82, 2.24) is 4.98 Å². The van der Waals surface area contributed by atoms with E-state index >= 15 is 0 Å². The highest BCUT2D eigenvalue weighted by Crippen LogP contribution is 2.23. The van der Waals surface area contributed by atoms with Crippen LogP contribution in [0.15, 0.2) is 6.07 Å². The van der Waals surface area contributed by atoms with Crippen LogP contribution in [0.25, 0.3) is 0 Å². The largest absolute Gasteiger partial charge is 0.355 e. The van der Waals surface area contributed by atoms with Crippen LogP contribution < -0.4 is 4.90 Å². The molecule has 0 radical (unpaired) electrons. The van der Waals surface area contributed by atoms with E-state index in [4.69, 9.17) is 0 Å². The Labute approximate surface area is 108 Å². The molecule has 0 aliphatic rings. The van der Waals surface area contributed by atoms with Gasteiger partial charge in [-0.1, -0.05) is 0 Å². The number of pyridine rings is 1. The standard InChI is InChI=1S/C13H19N3S/c1-9-6-10(2)15-13(12(9)7-14)16(4)11(3)8-17-5/h6,11H,8H2,1-5H3. The molecule has 1 rings (SSSR count). The Balaban J connectivity index is 3.16. The third-order valence-electron chi connectivity index (χ3n) is 2.84. The van der Waals surface area contributed by atoms with Gasteiger partial charge in [-0.15, -0.1) is 0 Å². The lowest BCUT2D eigenvalue weighted by Gasteiger charge is -2.27. The van der Waals surface area contributed by atoms with Gasteiger partial charge in [0.15, 0.2) is 0 Å². The van der Waals surface area contributed by atoms with Gasteiger partial charge in [-0.05, 0) is 38.7 Å². The number of rotatable bonds is 4. The van der Waals surface area contributed by atoms with Gasteiger partial charge in [0.05, 0.1) is 5.56 Å². The van der Waals surface area contributed by atoms with E-state index in [1.807, 2.05) is 27.0 Å². The quantitative estimate of drug-likeness (QED) is 0.822. The second-order valence-electron chi connectivity index (χ2n) is 4.31.